The van der Waals surface area contributed by atoms with Gasteiger partial charge in [-0.3, -0.25) is 4.90 Å². The highest BCUT2D eigenvalue weighted by atomic mass is 15.2. The smallest absolute Gasteiger partial charge is 0.0240 e. The predicted octanol–water partition coefficient (Wildman–Crippen LogP) is 2.90. The Morgan fingerprint density at radius 2 is 1.94 bits per heavy atom. The van der Waals surface area contributed by atoms with E-state index in [0.29, 0.717) is 12.1 Å². The van der Waals surface area contributed by atoms with Gasteiger partial charge in [0.15, 0.2) is 0 Å². The number of nitrogens with zero attached hydrogens (tertiary/aromatic N) is 1. The van der Waals surface area contributed by atoms with Gasteiger partial charge < -0.3 is 5.32 Å². The Labute approximate surface area is 111 Å². The van der Waals surface area contributed by atoms with E-state index in [-0.39, 0.29) is 0 Å². The first-order chi connectivity index (χ1) is 8.66. The molecule has 0 radical (unpaired) electrons. The number of hydrogen-bond donors (Lipinski definition) is 1. The number of piperazine rings is 1. The van der Waals surface area contributed by atoms with E-state index < -0.39 is 0 Å². The molecule has 1 aliphatic rings. The maximum absolute atomic E-state index is 3.56. The monoisotopic (exact) mass is 246 g/mol. The first kappa shape index (κ1) is 13.6. The SMILES string of the molecule is CC(C)CC1CNC[C@@H](C)N1Cc1ccccc1. The van der Waals surface area contributed by atoms with Crippen LogP contribution in [0.5, 0.6) is 0 Å². The molecule has 0 bridgehead atoms. The van der Waals surface area contributed by atoms with Gasteiger partial charge in [-0.25, -0.2) is 0 Å². The Kier molecular flexibility index (Phi) is 4.79. The Morgan fingerprint density at radius 1 is 1.22 bits per heavy atom. The molecule has 1 saturated heterocycles. The minimum atomic E-state index is 0.628. The quantitative estimate of drug-likeness (QED) is 0.879. The van der Waals surface area contributed by atoms with Gasteiger partial charge in [0, 0.05) is 31.7 Å². The molecule has 2 atom stereocenters. The van der Waals surface area contributed by atoms with Gasteiger partial charge in [-0.05, 0) is 24.8 Å². The van der Waals surface area contributed by atoms with Crippen LogP contribution in [0.1, 0.15) is 32.8 Å². The van der Waals surface area contributed by atoms with Gasteiger partial charge in [0.05, 0.1) is 0 Å². The molecule has 0 aromatic heterocycles. The number of benzene rings is 1. The standard InChI is InChI=1S/C16H26N2/c1-13(2)9-16-11-17-10-14(3)18(16)12-15-7-5-4-6-8-15/h4-8,13-14,16-17H,9-12H2,1-3H3/t14-,16?/m1/s1. The van der Waals surface area contributed by atoms with Crippen molar-refractivity contribution >= 4 is 0 Å². The predicted molar refractivity (Wildman–Crippen MR) is 77.6 cm³/mol. The number of nitrogens with one attached hydrogen (secondary N) is 1. The minimum Gasteiger partial charge on any atom is -0.314 e. The molecule has 0 saturated carbocycles. The summed E-state index contributed by atoms with van der Waals surface area (Å²) in [4.78, 5) is 2.67. The summed E-state index contributed by atoms with van der Waals surface area (Å²) in [5.41, 5.74) is 1.43. The first-order valence-corrected chi connectivity index (χ1v) is 7.17. The molecular weight excluding hydrogens is 220 g/mol. The Morgan fingerprint density at radius 3 is 2.61 bits per heavy atom. The van der Waals surface area contributed by atoms with E-state index in [1.54, 1.807) is 0 Å². The van der Waals surface area contributed by atoms with Crippen molar-refractivity contribution < 1.29 is 0 Å². The van der Waals surface area contributed by atoms with Gasteiger partial charge in [-0.2, -0.15) is 0 Å². The molecule has 1 fully saturated rings. The van der Waals surface area contributed by atoms with Gasteiger partial charge in [0.2, 0.25) is 0 Å². The molecule has 2 heteroatoms. The second kappa shape index (κ2) is 6.35. The van der Waals surface area contributed by atoms with Crippen LogP contribution in [0.2, 0.25) is 0 Å². The van der Waals surface area contributed by atoms with E-state index in [2.05, 4.69) is 61.3 Å². The van der Waals surface area contributed by atoms with Crippen LogP contribution in [-0.2, 0) is 6.54 Å². The second-order valence-electron chi connectivity index (χ2n) is 5.95. The molecule has 2 nitrogen and oxygen atoms in total. The maximum atomic E-state index is 3.56. The third kappa shape index (κ3) is 3.56. The van der Waals surface area contributed by atoms with E-state index in [1.807, 2.05) is 0 Å². The van der Waals surface area contributed by atoms with Gasteiger partial charge in [0.1, 0.15) is 0 Å². The van der Waals surface area contributed by atoms with Crippen LogP contribution in [0.3, 0.4) is 0 Å². The van der Waals surface area contributed by atoms with Crippen LogP contribution < -0.4 is 5.32 Å². The Balaban J connectivity index is 2.05. The molecule has 1 unspecified atom stereocenters. The lowest BCUT2D eigenvalue weighted by Gasteiger charge is -2.42. The molecule has 1 aliphatic heterocycles. The molecule has 18 heavy (non-hydrogen) atoms. The lowest BCUT2D eigenvalue weighted by Crippen LogP contribution is -2.56. The summed E-state index contributed by atoms with van der Waals surface area (Å²) in [6.45, 7) is 10.3. The summed E-state index contributed by atoms with van der Waals surface area (Å²) in [6, 6.07) is 12.1. The van der Waals surface area contributed by atoms with Crippen LogP contribution >= 0.6 is 0 Å². The van der Waals surface area contributed by atoms with Crippen LogP contribution in [0.25, 0.3) is 0 Å². The third-order valence-corrected chi connectivity index (χ3v) is 3.81. The topological polar surface area (TPSA) is 15.3 Å². The lowest BCUT2D eigenvalue weighted by atomic mass is 9.98. The molecule has 1 aromatic rings. The number of hydrogen-bond acceptors (Lipinski definition) is 2. The summed E-state index contributed by atoms with van der Waals surface area (Å²) in [7, 11) is 0. The fourth-order valence-electron chi connectivity index (χ4n) is 2.90. The van der Waals surface area contributed by atoms with Gasteiger partial charge in [-0.1, -0.05) is 44.2 Å². The summed E-state index contributed by atoms with van der Waals surface area (Å²) >= 11 is 0. The van der Waals surface area contributed by atoms with Crippen LogP contribution in [-0.4, -0.2) is 30.1 Å². The summed E-state index contributed by atoms with van der Waals surface area (Å²) in [6.07, 6.45) is 1.28. The zero-order valence-electron chi connectivity index (χ0n) is 11.9. The molecule has 100 valence electrons. The number of rotatable bonds is 4. The van der Waals surface area contributed by atoms with Crippen molar-refractivity contribution in [3.63, 3.8) is 0 Å². The summed E-state index contributed by atoms with van der Waals surface area (Å²) in [5.74, 6) is 0.764. The highest BCUT2D eigenvalue weighted by Crippen LogP contribution is 2.20. The Bertz CT molecular complexity index is 347. The van der Waals surface area contributed by atoms with Crippen molar-refractivity contribution in [2.24, 2.45) is 5.92 Å². The van der Waals surface area contributed by atoms with Crippen molar-refractivity contribution in [2.45, 2.75) is 45.8 Å². The van der Waals surface area contributed by atoms with Gasteiger partial charge in [-0.15, -0.1) is 0 Å². The van der Waals surface area contributed by atoms with Crippen molar-refractivity contribution in [2.75, 3.05) is 13.1 Å². The van der Waals surface area contributed by atoms with Crippen LogP contribution in [0.4, 0.5) is 0 Å². The van der Waals surface area contributed by atoms with E-state index in [0.717, 1.165) is 25.6 Å². The second-order valence-corrected chi connectivity index (χ2v) is 5.95. The van der Waals surface area contributed by atoms with Crippen LogP contribution in [0, 0.1) is 5.92 Å². The highest BCUT2D eigenvalue weighted by molar-refractivity contribution is 5.15. The molecule has 0 spiro atoms. The van der Waals surface area contributed by atoms with Crippen molar-refractivity contribution in [3.05, 3.63) is 35.9 Å². The van der Waals surface area contributed by atoms with E-state index in [1.165, 1.54) is 12.0 Å². The van der Waals surface area contributed by atoms with E-state index in [9.17, 15) is 0 Å². The Hall–Kier alpha value is -0.860. The molecule has 0 aliphatic carbocycles. The van der Waals surface area contributed by atoms with Gasteiger partial charge >= 0.3 is 0 Å². The third-order valence-electron chi connectivity index (χ3n) is 3.81. The molecule has 1 N–H and O–H groups in total. The average molecular weight is 246 g/mol. The summed E-state index contributed by atoms with van der Waals surface area (Å²) in [5, 5.41) is 3.56. The largest absolute Gasteiger partial charge is 0.314 e. The fourth-order valence-corrected chi connectivity index (χ4v) is 2.90. The lowest BCUT2D eigenvalue weighted by molar-refractivity contribution is 0.0842. The molecule has 0 amide bonds. The van der Waals surface area contributed by atoms with Gasteiger partial charge in [0.25, 0.3) is 0 Å². The normalized spacial score (nSPS) is 25.6. The molecule has 2 rings (SSSR count). The molecule has 1 heterocycles. The zero-order valence-corrected chi connectivity index (χ0v) is 11.9. The van der Waals surface area contributed by atoms with Crippen molar-refractivity contribution in [1.82, 2.24) is 10.2 Å². The fraction of sp³-hybridized carbons (Fsp3) is 0.625. The van der Waals surface area contributed by atoms with Crippen molar-refractivity contribution in [3.8, 4) is 0 Å². The average Bonchev–Trinajstić information content (AvgIpc) is 2.34. The first-order valence-electron chi connectivity index (χ1n) is 7.17. The zero-order chi connectivity index (χ0) is 13.0. The maximum Gasteiger partial charge on any atom is 0.0240 e. The van der Waals surface area contributed by atoms with E-state index >= 15 is 0 Å². The summed E-state index contributed by atoms with van der Waals surface area (Å²) < 4.78 is 0. The van der Waals surface area contributed by atoms with Crippen LogP contribution in [0.15, 0.2) is 30.3 Å². The molecule has 1 aromatic carbocycles. The highest BCUT2D eigenvalue weighted by Gasteiger charge is 2.27. The van der Waals surface area contributed by atoms with Crippen molar-refractivity contribution in [1.29, 1.82) is 0 Å². The minimum absolute atomic E-state index is 0.628. The van der Waals surface area contributed by atoms with E-state index in [4.69, 9.17) is 0 Å². The molecular formula is C16H26N2.